The fourth-order valence-electron chi connectivity index (χ4n) is 1.67. The van der Waals surface area contributed by atoms with Crippen LogP contribution < -0.4 is 5.73 Å². The molecule has 0 aromatic carbocycles. The predicted octanol–water partition coefficient (Wildman–Crippen LogP) is 1.09. The Balaban J connectivity index is 2.36. The van der Waals surface area contributed by atoms with Crippen molar-refractivity contribution in [3.05, 3.63) is 34.9 Å². The molecule has 0 aliphatic carbocycles. The topological polar surface area (TPSA) is 69.6 Å². The van der Waals surface area contributed by atoms with Gasteiger partial charge in [-0.2, -0.15) is 5.10 Å². The molecule has 0 atom stereocenters. The van der Waals surface area contributed by atoms with Crippen molar-refractivity contribution in [1.29, 1.82) is 0 Å². The molecule has 0 aliphatic rings. The first-order valence-electron chi connectivity index (χ1n) is 5.67. The zero-order valence-corrected chi connectivity index (χ0v) is 10.4. The maximum absolute atomic E-state index is 5.48. The van der Waals surface area contributed by atoms with E-state index in [1.165, 1.54) is 5.56 Å². The van der Waals surface area contributed by atoms with E-state index in [0.29, 0.717) is 12.5 Å². The molecule has 2 N–H and O–H groups in total. The molecule has 2 aromatic rings. The van der Waals surface area contributed by atoms with Gasteiger partial charge in [0.05, 0.1) is 5.69 Å². The smallest absolute Gasteiger partial charge is 0.250 e. The maximum atomic E-state index is 5.48. The molecule has 0 saturated heterocycles. The summed E-state index contributed by atoms with van der Waals surface area (Å²) in [5.41, 5.74) is 9.80. The van der Waals surface area contributed by atoms with E-state index < -0.39 is 0 Å². The Morgan fingerprint density at radius 2 is 1.82 bits per heavy atom. The van der Waals surface area contributed by atoms with E-state index in [1.807, 2.05) is 13.8 Å². The van der Waals surface area contributed by atoms with Gasteiger partial charge >= 0.3 is 0 Å². The number of aromatic nitrogens is 4. The lowest BCUT2D eigenvalue weighted by Crippen LogP contribution is -2.07. The minimum atomic E-state index is 0.611. The summed E-state index contributed by atoms with van der Waals surface area (Å²) in [6, 6.07) is 0. The summed E-state index contributed by atoms with van der Waals surface area (Å²) in [4.78, 5) is 8.63. The van der Waals surface area contributed by atoms with Crippen molar-refractivity contribution in [2.75, 3.05) is 6.54 Å². The molecule has 0 amide bonds. The van der Waals surface area contributed by atoms with Crippen LogP contribution in [0, 0.1) is 20.8 Å². The lowest BCUT2D eigenvalue weighted by molar-refractivity contribution is 0.767. The number of rotatable bonds is 3. The molecule has 0 aliphatic heterocycles. The molecular weight excluding hydrogens is 214 g/mol. The lowest BCUT2D eigenvalue weighted by atomic mass is 10.2. The van der Waals surface area contributed by atoms with E-state index in [4.69, 9.17) is 5.73 Å². The van der Waals surface area contributed by atoms with Gasteiger partial charge in [0.25, 0.3) is 5.95 Å². The van der Waals surface area contributed by atoms with Gasteiger partial charge in [-0.05, 0) is 44.9 Å². The minimum absolute atomic E-state index is 0.611. The third kappa shape index (κ3) is 2.19. The van der Waals surface area contributed by atoms with Gasteiger partial charge in [0.15, 0.2) is 0 Å². The highest BCUT2D eigenvalue weighted by Crippen LogP contribution is 2.13. The monoisotopic (exact) mass is 231 g/mol. The molecule has 0 spiro atoms. The van der Waals surface area contributed by atoms with E-state index in [1.54, 1.807) is 17.1 Å². The molecule has 2 heterocycles. The van der Waals surface area contributed by atoms with E-state index in [0.717, 1.165) is 23.4 Å². The number of hydrogen-bond donors (Lipinski definition) is 1. The zero-order chi connectivity index (χ0) is 12.4. The number of aryl methyl sites for hydroxylation is 1. The van der Waals surface area contributed by atoms with Crippen LogP contribution in [0.4, 0.5) is 0 Å². The molecule has 5 nitrogen and oxygen atoms in total. The molecule has 5 heteroatoms. The average Bonchev–Trinajstić information content (AvgIpc) is 2.59. The van der Waals surface area contributed by atoms with E-state index in [9.17, 15) is 0 Å². The van der Waals surface area contributed by atoms with Crippen molar-refractivity contribution in [2.45, 2.75) is 27.2 Å². The highest BCUT2D eigenvalue weighted by molar-refractivity contribution is 5.28. The van der Waals surface area contributed by atoms with Gasteiger partial charge in [-0.3, -0.25) is 0 Å². The minimum Gasteiger partial charge on any atom is -0.330 e. The van der Waals surface area contributed by atoms with Crippen LogP contribution in [-0.4, -0.2) is 26.3 Å². The first kappa shape index (κ1) is 11.7. The zero-order valence-electron chi connectivity index (χ0n) is 10.4. The molecule has 0 bridgehead atoms. The molecule has 2 aromatic heterocycles. The summed E-state index contributed by atoms with van der Waals surface area (Å²) in [5.74, 6) is 0.611. The molecule has 0 radical (unpaired) electrons. The Hall–Kier alpha value is -1.75. The van der Waals surface area contributed by atoms with Gasteiger partial charge in [-0.25, -0.2) is 14.6 Å². The van der Waals surface area contributed by atoms with Crippen molar-refractivity contribution < 1.29 is 0 Å². The first-order valence-corrected chi connectivity index (χ1v) is 5.67. The summed E-state index contributed by atoms with van der Waals surface area (Å²) in [6.07, 6.45) is 4.42. The molecular formula is C12H17N5. The third-order valence-electron chi connectivity index (χ3n) is 2.97. The predicted molar refractivity (Wildman–Crippen MR) is 66.1 cm³/mol. The molecule has 0 saturated carbocycles. The average molecular weight is 231 g/mol. The summed E-state index contributed by atoms with van der Waals surface area (Å²) in [7, 11) is 0. The Morgan fingerprint density at radius 3 is 2.29 bits per heavy atom. The SMILES string of the molecule is Cc1nn(-c2ncc(CCN)cn2)c(C)c1C. The van der Waals surface area contributed by atoms with Crippen molar-refractivity contribution in [2.24, 2.45) is 5.73 Å². The normalized spacial score (nSPS) is 10.8. The number of hydrogen-bond acceptors (Lipinski definition) is 4. The summed E-state index contributed by atoms with van der Waals surface area (Å²) in [5, 5.41) is 4.42. The van der Waals surface area contributed by atoms with Gasteiger partial charge in [0, 0.05) is 18.1 Å². The fourth-order valence-corrected chi connectivity index (χ4v) is 1.67. The Kier molecular flexibility index (Phi) is 3.19. The van der Waals surface area contributed by atoms with E-state index in [-0.39, 0.29) is 0 Å². The summed E-state index contributed by atoms with van der Waals surface area (Å²) < 4.78 is 1.77. The van der Waals surface area contributed by atoms with E-state index >= 15 is 0 Å². The van der Waals surface area contributed by atoms with Gasteiger partial charge < -0.3 is 5.73 Å². The van der Waals surface area contributed by atoms with Crippen molar-refractivity contribution in [3.8, 4) is 5.95 Å². The van der Waals surface area contributed by atoms with Crippen LogP contribution in [0.2, 0.25) is 0 Å². The lowest BCUT2D eigenvalue weighted by Gasteiger charge is -2.03. The molecule has 90 valence electrons. The largest absolute Gasteiger partial charge is 0.330 e. The maximum Gasteiger partial charge on any atom is 0.250 e. The number of nitrogens with two attached hydrogens (primary N) is 1. The highest BCUT2D eigenvalue weighted by Gasteiger charge is 2.10. The third-order valence-corrected chi connectivity index (χ3v) is 2.97. The van der Waals surface area contributed by atoms with Crippen molar-refractivity contribution >= 4 is 0 Å². The van der Waals surface area contributed by atoms with Crippen LogP contribution in [0.5, 0.6) is 0 Å². The quantitative estimate of drug-likeness (QED) is 0.858. The van der Waals surface area contributed by atoms with E-state index in [2.05, 4.69) is 22.0 Å². The Bertz CT molecular complexity index is 512. The molecule has 17 heavy (non-hydrogen) atoms. The van der Waals surface area contributed by atoms with Crippen LogP contribution >= 0.6 is 0 Å². The van der Waals surface area contributed by atoms with Crippen molar-refractivity contribution in [1.82, 2.24) is 19.7 Å². The second kappa shape index (κ2) is 4.63. The first-order chi connectivity index (χ1) is 8.13. The van der Waals surface area contributed by atoms with Gasteiger partial charge in [-0.15, -0.1) is 0 Å². The molecule has 0 unspecified atom stereocenters. The van der Waals surface area contributed by atoms with Gasteiger partial charge in [-0.1, -0.05) is 0 Å². The second-order valence-electron chi connectivity index (χ2n) is 4.14. The van der Waals surface area contributed by atoms with Crippen LogP contribution in [-0.2, 0) is 6.42 Å². The fraction of sp³-hybridized carbons (Fsp3) is 0.417. The van der Waals surface area contributed by atoms with Crippen LogP contribution in [0.25, 0.3) is 5.95 Å². The summed E-state index contributed by atoms with van der Waals surface area (Å²) >= 11 is 0. The summed E-state index contributed by atoms with van der Waals surface area (Å²) in [6.45, 7) is 6.67. The molecule has 0 fully saturated rings. The van der Waals surface area contributed by atoms with Crippen LogP contribution in [0.3, 0.4) is 0 Å². The van der Waals surface area contributed by atoms with Gasteiger partial charge in [0.1, 0.15) is 0 Å². The standard InChI is InChI=1S/C12H17N5/c1-8-9(2)16-17(10(8)3)12-14-6-11(4-5-13)7-15-12/h6-7H,4-5,13H2,1-3H3. The Labute approximate surface area is 101 Å². The van der Waals surface area contributed by atoms with Gasteiger partial charge in [0.2, 0.25) is 0 Å². The van der Waals surface area contributed by atoms with Crippen LogP contribution in [0.15, 0.2) is 12.4 Å². The number of nitrogens with zero attached hydrogens (tertiary/aromatic N) is 4. The molecule has 2 rings (SSSR count). The highest BCUT2D eigenvalue weighted by atomic mass is 15.4. The van der Waals surface area contributed by atoms with Crippen molar-refractivity contribution in [3.63, 3.8) is 0 Å². The van der Waals surface area contributed by atoms with Crippen LogP contribution in [0.1, 0.15) is 22.5 Å². The second-order valence-corrected chi connectivity index (χ2v) is 4.14. The Morgan fingerprint density at radius 1 is 1.18 bits per heavy atom.